The first kappa shape index (κ1) is 23.4. The molecule has 2 aromatic heterocycles. The molecule has 0 radical (unpaired) electrons. The van der Waals surface area contributed by atoms with E-state index in [1.54, 1.807) is 15.4 Å². The molecule has 2 aromatic carbocycles. The van der Waals surface area contributed by atoms with Crippen LogP contribution in [0.3, 0.4) is 0 Å². The van der Waals surface area contributed by atoms with Crippen LogP contribution in [0.1, 0.15) is 43.4 Å². The SMILES string of the molecule is CCCCN(Cc1ccccc1)C(=O)CC1CSc2nc3c(cnn3-c3ccc(C)cc3)c(=O)n21. The van der Waals surface area contributed by atoms with Gasteiger partial charge in [-0.3, -0.25) is 14.2 Å². The van der Waals surface area contributed by atoms with E-state index >= 15 is 0 Å². The first-order valence-electron chi connectivity index (χ1n) is 12.1. The van der Waals surface area contributed by atoms with E-state index in [2.05, 4.69) is 12.0 Å². The van der Waals surface area contributed by atoms with Crippen molar-refractivity contribution in [2.24, 2.45) is 0 Å². The molecule has 1 unspecified atom stereocenters. The lowest BCUT2D eigenvalue weighted by atomic mass is 10.1. The molecule has 8 heteroatoms. The number of carbonyl (C=O) groups is 1. The van der Waals surface area contributed by atoms with Crippen LogP contribution in [0.5, 0.6) is 0 Å². The van der Waals surface area contributed by atoms with Crippen molar-refractivity contribution in [1.82, 2.24) is 24.2 Å². The zero-order chi connectivity index (χ0) is 24.4. The van der Waals surface area contributed by atoms with Crippen molar-refractivity contribution < 1.29 is 4.79 Å². The summed E-state index contributed by atoms with van der Waals surface area (Å²) in [6, 6.07) is 17.8. The Balaban J connectivity index is 1.41. The van der Waals surface area contributed by atoms with Gasteiger partial charge in [-0.1, -0.05) is 73.1 Å². The summed E-state index contributed by atoms with van der Waals surface area (Å²) < 4.78 is 3.41. The van der Waals surface area contributed by atoms with Gasteiger partial charge in [-0.05, 0) is 31.0 Å². The largest absolute Gasteiger partial charge is 0.338 e. The van der Waals surface area contributed by atoms with Crippen molar-refractivity contribution in [3.8, 4) is 5.69 Å². The van der Waals surface area contributed by atoms with E-state index in [0.29, 0.717) is 35.0 Å². The Labute approximate surface area is 208 Å². The van der Waals surface area contributed by atoms with E-state index in [1.165, 1.54) is 11.8 Å². The number of rotatable bonds is 8. The number of thioether (sulfide) groups is 1. The van der Waals surface area contributed by atoms with Gasteiger partial charge in [0, 0.05) is 25.3 Å². The van der Waals surface area contributed by atoms with Gasteiger partial charge in [-0.2, -0.15) is 5.10 Å². The minimum absolute atomic E-state index is 0.0723. The van der Waals surface area contributed by atoms with Crippen LogP contribution in [-0.4, -0.2) is 42.4 Å². The van der Waals surface area contributed by atoms with Gasteiger partial charge < -0.3 is 4.90 Å². The van der Waals surface area contributed by atoms with Crippen LogP contribution in [0.4, 0.5) is 0 Å². The molecule has 0 aliphatic carbocycles. The highest BCUT2D eigenvalue weighted by molar-refractivity contribution is 7.99. The van der Waals surface area contributed by atoms with Crippen molar-refractivity contribution >= 4 is 28.7 Å². The van der Waals surface area contributed by atoms with Gasteiger partial charge in [0.1, 0.15) is 5.39 Å². The van der Waals surface area contributed by atoms with E-state index in [0.717, 1.165) is 29.7 Å². The van der Waals surface area contributed by atoms with Crippen LogP contribution >= 0.6 is 11.8 Å². The van der Waals surface area contributed by atoms with Crippen LogP contribution in [0.15, 0.2) is 70.7 Å². The molecule has 1 aliphatic rings. The molecular formula is C27H29N5O2S. The number of amides is 1. The molecule has 180 valence electrons. The summed E-state index contributed by atoms with van der Waals surface area (Å²) in [5.74, 6) is 0.731. The molecule has 0 N–H and O–H groups in total. The van der Waals surface area contributed by atoms with Crippen molar-refractivity contribution in [1.29, 1.82) is 0 Å². The maximum absolute atomic E-state index is 13.5. The summed E-state index contributed by atoms with van der Waals surface area (Å²) >= 11 is 1.53. The van der Waals surface area contributed by atoms with E-state index in [1.807, 2.05) is 66.4 Å². The molecule has 1 aliphatic heterocycles. The standard InChI is InChI=1S/C27H29N5O2S/c1-3-4-14-30(17-20-8-6-5-7-9-20)24(33)15-22-18-35-27-29-25-23(26(34)31(22)27)16-28-32(25)21-12-10-19(2)11-13-21/h5-13,16,22H,3-4,14-15,17-18H2,1-2H3. The lowest BCUT2D eigenvalue weighted by Crippen LogP contribution is -2.35. The lowest BCUT2D eigenvalue weighted by Gasteiger charge is -2.24. The van der Waals surface area contributed by atoms with Gasteiger partial charge in [0.15, 0.2) is 10.8 Å². The molecule has 35 heavy (non-hydrogen) atoms. The second kappa shape index (κ2) is 10.1. The Morgan fingerprint density at radius 3 is 2.66 bits per heavy atom. The Morgan fingerprint density at radius 1 is 1.14 bits per heavy atom. The maximum Gasteiger partial charge on any atom is 0.265 e. The minimum Gasteiger partial charge on any atom is -0.338 e. The predicted octanol–water partition coefficient (Wildman–Crippen LogP) is 4.76. The fourth-order valence-electron chi connectivity index (χ4n) is 4.43. The van der Waals surface area contributed by atoms with E-state index < -0.39 is 0 Å². The maximum atomic E-state index is 13.5. The molecule has 0 saturated heterocycles. The number of aromatic nitrogens is 4. The monoisotopic (exact) mass is 487 g/mol. The zero-order valence-electron chi connectivity index (χ0n) is 20.1. The molecule has 1 amide bonds. The Kier molecular flexibility index (Phi) is 6.72. The first-order valence-corrected chi connectivity index (χ1v) is 13.1. The van der Waals surface area contributed by atoms with Gasteiger partial charge in [-0.25, -0.2) is 9.67 Å². The van der Waals surface area contributed by atoms with Gasteiger partial charge >= 0.3 is 0 Å². The molecule has 3 heterocycles. The topological polar surface area (TPSA) is 73.0 Å². The Morgan fingerprint density at radius 2 is 1.91 bits per heavy atom. The molecule has 1 atom stereocenters. The van der Waals surface area contributed by atoms with Crippen LogP contribution in [0.2, 0.25) is 0 Å². The highest BCUT2D eigenvalue weighted by Gasteiger charge is 2.31. The minimum atomic E-state index is -0.213. The second-order valence-electron chi connectivity index (χ2n) is 9.02. The summed E-state index contributed by atoms with van der Waals surface area (Å²) in [5.41, 5.74) is 3.56. The summed E-state index contributed by atoms with van der Waals surface area (Å²) in [4.78, 5) is 33.6. The molecule has 0 spiro atoms. The van der Waals surface area contributed by atoms with Crippen molar-refractivity contribution in [2.75, 3.05) is 12.3 Å². The number of carbonyl (C=O) groups excluding carboxylic acids is 1. The quantitative estimate of drug-likeness (QED) is 0.335. The number of nitrogens with zero attached hydrogens (tertiary/aromatic N) is 5. The number of benzene rings is 2. The average molecular weight is 488 g/mol. The van der Waals surface area contributed by atoms with Crippen LogP contribution in [-0.2, 0) is 11.3 Å². The normalized spacial score (nSPS) is 14.9. The predicted molar refractivity (Wildman–Crippen MR) is 139 cm³/mol. The number of aryl methyl sites for hydroxylation is 1. The van der Waals surface area contributed by atoms with Gasteiger partial charge in [0.05, 0.1) is 17.9 Å². The summed E-state index contributed by atoms with van der Waals surface area (Å²) in [6.45, 7) is 5.46. The number of fused-ring (bicyclic) bond motifs is 2. The lowest BCUT2D eigenvalue weighted by molar-refractivity contribution is -0.132. The average Bonchev–Trinajstić information content (AvgIpc) is 3.48. The highest BCUT2D eigenvalue weighted by Crippen LogP contribution is 2.34. The summed E-state index contributed by atoms with van der Waals surface area (Å²) in [5, 5.41) is 5.57. The van der Waals surface area contributed by atoms with Crippen molar-refractivity contribution in [3.05, 3.63) is 82.3 Å². The third kappa shape index (κ3) is 4.75. The Hall–Kier alpha value is -3.39. The molecular weight excluding hydrogens is 458 g/mol. The fraction of sp³-hybridized carbons (Fsp3) is 0.333. The van der Waals surface area contributed by atoms with E-state index in [-0.39, 0.29) is 23.9 Å². The fourth-order valence-corrected chi connectivity index (χ4v) is 5.56. The van der Waals surface area contributed by atoms with Crippen molar-refractivity contribution in [3.63, 3.8) is 0 Å². The number of hydrogen-bond acceptors (Lipinski definition) is 5. The molecule has 4 aromatic rings. The number of hydrogen-bond donors (Lipinski definition) is 0. The van der Waals surface area contributed by atoms with Crippen molar-refractivity contribution in [2.45, 2.75) is 50.9 Å². The first-order chi connectivity index (χ1) is 17.0. The van der Waals surface area contributed by atoms with Gasteiger partial charge in [0.2, 0.25) is 5.91 Å². The molecule has 0 bridgehead atoms. The van der Waals surface area contributed by atoms with Gasteiger partial charge in [0.25, 0.3) is 5.56 Å². The van der Waals surface area contributed by atoms with Crippen LogP contribution in [0, 0.1) is 6.92 Å². The highest BCUT2D eigenvalue weighted by atomic mass is 32.2. The molecule has 7 nitrogen and oxygen atoms in total. The summed E-state index contributed by atoms with van der Waals surface area (Å²) in [6.07, 6.45) is 3.85. The van der Waals surface area contributed by atoms with E-state index in [4.69, 9.17) is 4.98 Å². The zero-order valence-corrected chi connectivity index (χ0v) is 20.9. The molecule has 0 saturated carbocycles. The van der Waals surface area contributed by atoms with E-state index in [9.17, 15) is 9.59 Å². The van der Waals surface area contributed by atoms with Gasteiger partial charge in [-0.15, -0.1) is 0 Å². The van der Waals surface area contributed by atoms with Crippen LogP contribution in [0.25, 0.3) is 16.7 Å². The summed E-state index contributed by atoms with van der Waals surface area (Å²) in [7, 11) is 0. The second-order valence-corrected chi connectivity index (χ2v) is 10.0. The number of unbranched alkanes of at least 4 members (excludes halogenated alkanes) is 1. The third-order valence-corrected chi connectivity index (χ3v) is 7.51. The smallest absolute Gasteiger partial charge is 0.265 e. The van der Waals surface area contributed by atoms with Crippen LogP contribution < -0.4 is 5.56 Å². The third-order valence-electron chi connectivity index (χ3n) is 6.41. The molecule has 0 fully saturated rings. The Bertz CT molecular complexity index is 1400. The molecule has 5 rings (SSSR count).